The van der Waals surface area contributed by atoms with Crippen LogP contribution in [0.25, 0.3) is 10.9 Å². The monoisotopic (exact) mass is 361 g/mol. The second kappa shape index (κ2) is 7.07. The van der Waals surface area contributed by atoms with E-state index in [0.29, 0.717) is 34.6 Å². The van der Waals surface area contributed by atoms with Crippen molar-refractivity contribution in [2.75, 3.05) is 0 Å². The molecule has 1 fully saturated rings. The molecule has 2 aromatic carbocycles. The van der Waals surface area contributed by atoms with Crippen molar-refractivity contribution in [3.8, 4) is 0 Å². The summed E-state index contributed by atoms with van der Waals surface area (Å²) in [6.45, 7) is 0.310. The number of pyridine rings is 1. The lowest BCUT2D eigenvalue weighted by atomic mass is 10.1. The Kier molecular flexibility index (Phi) is 4.46. The number of hydrogen-bond donors (Lipinski definition) is 3. The van der Waals surface area contributed by atoms with Crippen LogP contribution < -0.4 is 16.2 Å². The zero-order valence-electron chi connectivity index (χ0n) is 14.6. The third kappa shape index (κ3) is 3.89. The Morgan fingerprint density at radius 3 is 2.48 bits per heavy atom. The number of para-hydroxylation sites is 1. The van der Waals surface area contributed by atoms with Crippen molar-refractivity contribution in [1.82, 2.24) is 15.6 Å². The first-order valence-electron chi connectivity index (χ1n) is 8.90. The molecule has 1 aromatic heterocycles. The van der Waals surface area contributed by atoms with Gasteiger partial charge in [-0.25, -0.2) is 0 Å². The molecule has 0 spiro atoms. The lowest BCUT2D eigenvalue weighted by Crippen LogP contribution is -2.26. The number of fused-ring (bicyclic) bond motifs is 1. The number of H-pyrrole nitrogens is 1. The van der Waals surface area contributed by atoms with Crippen molar-refractivity contribution < 1.29 is 9.59 Å². The number of amides is 2. The van der Waals surface area contributed by atoms with Gasteiger partial charge in [-0.2, -0.15) is 0 Å². The minimum absolute atomic E-state index is 0.0666. The number of carbonyl (C=O) groups excluding carboxylic acids is 2. The molecule has 1 aliphatic rings. The summed E-state index contributed by atoms with van der Waals surface area (Å²) in [6, 6.07) is 16.0. The molecule has 0 saturated heterocycles. The number of rotatable bonds is 5. The van der Waals surface area contributed by atoms with E-state index in [9.17, 15) is 14.4 Å². The van der Waals surface area contributed by atoms with Gasteiger partial charge in [0.15, 0.2) is 0 Å². The lowest BCUT2D eigenvalue weighted by molar-refractivity contribution is 0.0942. The van der Waals surface area contributed by atoms with Crippen molar-refractivity contribution in [2.45, 2.75) is 25.4 Å². The van der Waals surface area contributed by atoms with Gasteiger partial charge in [0.1, 0.15) is 0 Å². The summed E-state index contributed by atoms with van der Waals surface area (Å²) in [7, 11) is 0. The fourth-order valence-electron chi connectivity index (χ4n) is 2.94. The molecule has 0 bridgehead atoms. The van der Waals surface area contributed by atoms with E-state index in [1.165, 1.54) is 6.07 Å². The smallest absolute Gasteiger partial charge is 0.252 e. The fourth-order valence-corrected chi connectivity index (χ4v) is 2.94. The van der Waals surface area contributed by atoms with Crippen LogP contribution in [-0.2, 0) is 6.54 Å². The third-order valence-corrected chi connectivity index (χ3v) is 4.58. The summed E-state index contributed by atoms with van der Waals surface area (Å²) < 4.78 is 0. The van der Waals surface area contributed by atoms with E-state index in [-0.39, 0.29) is 17.4 Å². The van der Waals surface area contributed by atoms with Crippen LogP contribution in [0.3, 0.4) is 0 Å². The molecule has 136 valence electrons. The Morgan fingerprint density at radius 1 is 1.00 bits per heavy atom. The Hall–Kier alpha value is -3.41. The molecule has 3 N–H and O–H groups in total. The zero-order valence-corrected chi connectivity index (χ0v) is 14.6. The summed E-state index contributed by atoms with van der Waals surface area (Å²) >= 11 is 0. The van der Waals surface area contributed by atoms with Crippen LogP contribution in [0.15, 0.2) is 59.4 Å². The molecule has 1 saturated carbocycles. The average Bonchev–Trinajstić information content (AvgIpc) is 3.49. The van der Waals surface area contributed by atoms with Gasteiger partial charge in [-0.3, -0.25) is 14.4 Å². The van der Waals surface area contributed by atoms with Gasteiger partial charge in [0.05, 0.1) is 5.56 Å². The highest BCUT2D eigenvalue weighted by molar-refractivity contribution is 6.05. The second-order valence-electron chi connectivity index (χ2n) is 6.72. The Balaban J connectivity index is 1.45. The Morgan fingerprint density at radius 2 is 1.74 bits per heavy atom. The molecule has 1 aliphatic carbocycles. The molecule has 0 unspecified atom stereocenters. The number of carbonyl (C=O) groups is 2. The summed E-state index contributed by atoms with van der Waals surface area (Å²) in [4.78, 5) is 39.1. The molecule has 0 atom stereocenters. The number of aromatic amines is 1. The number of aromatic nitrogens is 1. The van der Waals surface area contributed by atoms with Gasteiger partial charge in [0.25, 0.3) is 11.8 Å². The predicted molar refractivity (Wildman–Crippen MR) is 103 cm³/mol. The molecule has 3 aromatic rings. The topological polar surface area (TPSA) is 91.1 Å². The standard InChI is InChI=1S/C21H19N3O3/c25-19-11-17(16-3-1-2-4-18(16)24-19)21(27)22-12-13-5-7-14(8-6-13)20(26)23-15-9-10-15/h1-8,11,15H,9-10,12H2,(H,22,27)(H,23,26)(H,24,25). The molecule has 0 aliphatic heterocycles. The van der Waals surface area contributed by atoms with Gasteiger partial charge >= 0.3 is 0 Å². The number of nitrogens with one attached hydrogen (secondary N) is 3. The Bertz CT molecular complexity index is 1070. The molecule has 27 heavy (non-hydrogen) atoms. The third-order valence-electron chi connectivity index (χ3n) is 4.58. The molecule has 0 radical (unpaired) electrons. The summed E-state index contributed by atoms with van der Waals surface area (Å²) in [6.07, 6.45) is 2.10. The highest BCUT2D eigenvalue weighted by Gasteiger charge is 2.23. The van der Waals surface area contributed by atoms with Gasteiger partial charge in [-0.05, 0) is 36.6 Å². The first-order valence-corrected chi connectivity index (χ1v) is 8.90. The van der Waals surface area contributed by atoms with Crippen molar-refractivity contribution in [3.63, 3.8) is 0 Å². The lowest BCUT2D eigenvalue weighted by Gasteiger charge is -2.09. The quantitative estimate of drug-likeness (QED) is 0.651. The maximum Gasteiger partial charge on any atom is 0.252 e. The van der Waals surface area contributed by atoms with E-state index in [1.807, 2.05) is 18.2 Å². The molecular weight excluding hydrogens is 342 g/mol. The van der Waals surface area contributed by atoms with E-state index in [0.717, 1.165) is 18.4 Å². The molecule has 1 heterocycles. The van der Waals surface area contributed by atoms with Crippen LogP contribution in [0.5, 0.6) is 0 Å². The highest BCUT2D eigenvalue weighted by Crippen LogP contribution is 2.19. The fraction of sp³-hybridized carbons (Fsp3) is 0.190. The predicted octanol–water partition coefficient (Wildman–Crippen LogP) is 2.35. The van der Waals surface area contributed by atoms with E-state index >= 15 is 0 Å². The van der Waals surface area contributed by atoms with E-state index in [1.54, 1.807) is 30.3 Å². The van der Waals surface area contributed by atoms with E-state index < -0.39 is 0 Å². The maximum atomic E-state index is 12.6. The molecule has 6 nitrogen and oxygen atoms in total. The second-order valence-corrected chi connectivity index (χ2v) is 6.72. The average molecular weight is 361 g/mol. The zero-order chi connectivity index (χ0) is 18.8. The van der Waals surface area contributed by atoms with E-state index in [2.05, 4.69) is 15.6 Å². The number of hydrogen-bond acceptors (Lipinski definition) is 3. The molecular formula is C21H19N3O3. The largest absolute Gasteiger partial charge is 0.349 e. The number of benzene rings is 2. The van der Waals surface area contributed by atoms with Crippen LogP contribution in [0, 0.1) is 0 Å². The van der Waals surface area contributed by atoms with Crippen molar-refractivity contribution >= 4 is 22.7 Å². The maximum absolute atomic E-state index is 12.6. The van der Waals surface area contributed by atoms with Gasteiger partial charge in [0, 0.05) is 35.1 Å². The van der Waals surface area contributed by atoms with Crippen LogP contribution >= 0.6 is 0 Å². The minimum atomic E-state index is -0.315. The molecule has 4 rings (SSSR count). The Labute approximate surface area is 155 Å². The molecule has 2 amide bonds. The van der Waals surface area contributed by atoms with Crippen molar-refractivity contribution in [1.29, 1.82) is 0 Å². The van der Waals surface area contributed by atoms with Gasteiger partial charge in [0.2, 0.25) is 5.56 Å². The first-order chi connectivity index (χ1) is 13.1. The van der Waals surface area contributed by atoms with Crippen molar-refractivity contribution in [3.05, 3.63) is 81.6 Å². The highest BCUT2D eigenvalue weighted by atomic mass is 16.2. The van der Waals surface area contributed by atoms with Crippen LogP contribution in [0.2, 0.25) is 0 Å². The van der Waals surface area contributed by atoms with Gasteiger partial charge in [-0.1, -0.05) is 30.3 Å². The van der Waals surface area contributed by atoms with Gasteiger partial charge in [-0.15, -0.1) is 0 Å². The van der Waals surface area contributed by atoms with Gasteiger partial charge < -0.3 is 15.6 Å². The summed E-state index contributed by atoms with van der Waals surface area (Å²) in [5.41, 5.74) is 2.14. The molecule has 6 heteroatoms. The normalized spacial score (nSPS) is 13.3. The minimum Gasteiger partial charge on any atom is -0.349 e. The van der Waals surface area contributed by atoms with E-state index in [4.69, 9.17) is 0 Å². The van der Waals surface area contributed by atoms with Crippen LogP contribution in [0.1, 0.15) is 39.1 Å². The SMILES string of the molecule is O=C(NC1CC1)c1ccc(CNC(=O)c2cc(=O)[nH]c3ccccc23)cc1. The van der Waals surface area contributed by atoms with Crippen molar-refractivity contribution in [2.24, 2.45) is 0 Å². The summed E-state index contributed by atoms with van der Waals surface area (Å²) in [5, 5.41) is 6.47. The van der Waals surface area contributed by atoms with Crippen LogP contribution in [-0.4, -0.2) is 22.8 Å². The summed E-state index contributed by atoms with van der Waals surface area (Å²) in [5.74, 6) is -0.379. The first kappa shape index (κ1) is 17.0. The van der Waals surface area contributed by atoms with Crippen LogP contribution in [0.4, 0.5) is 0 Å².